The molecular weight excluding hydrogens is 134 g/mol. The molecule has 0 amide bonds. The van der Waals surface area contributed by atoms with Gasteiger partial charge >= 0.3 is 0 Å². The van der Waals surface area contributed by atoms with Crippen molar-refractivity contribution in [2.75, 3.05) is 6.54 Å². The van der Waals surface area contributed by atoms with E-state index in [1.807, 2.05) is 13.8 Å². The van der Waals surface area contributed by atoms with Gasteiger partial charge in [-0.3, -0.25) is 0 Å². The number of hydrogen-bond acceptors (Lipinski definition) is 2. The summed E-state index contributed by atoms with van der Waals surface area (Å²) in [7, 11) is 0. The third kappa shape index (κ3) is 1.82. The molecule has 52 valence electrons. The quantitative estimate of drug-likeness (QED) is 0.515. The van der Waals surface area contributed by atoms with Gasteiger partial charge in [-0.2, -0.15) is 0 Å². The minimum Gasteiger partial charge on any atom is -0.465 e. The van der Waals surface area contributed by atoms with E-state index in [1.165, 1.54) is 0 Å². The minimum absolute atomic E-state index is 0.0532. The first-order valence-electron chi connectivity index (χ1n) is 3.07. The van der Waals surface area contributed by atoms with Gasteiger partial charge in [0.05, 0.1) is 0 Å². The van der Waals surface area contributed by atoms with Crippen LogP contribution in [0.15, 0.2) is 0 Å². The van der Waals surface area contributed by atoms with Crippen molar-refractivity contribution in [2.24, 2.45) is 0 Å². The van der Waals surface area contributed by atoms with Crippen molar-refractivity contribution in [1.29, 1.82) is 0 Å². The predicted molar refractivity (Wildman–Crippen MR) is 40.4 cm³/mol. The highest BCUT2D eigenvalue weighted by atomic mass is 32.1. The van der Waals surface area contributed by atoms with Gasteiger partial charge in [0.25, 0.3) is 5.17 Å². The number of hydrogen-bond donors (Lipinski definition) is 1. The lowest BCUT2D eigenvalue weighted by Crippen LogP contribution is -2.43. The van der Waals surface area contributed by atoms with Crippen molar-refractivity contribution >= 4 is 17.4 Å². The van der Waals surface area contributed by atoms with Gasteiger partial charge in [0.2, 0.25) is 0 Å². The summed E-state index contributed by atoms with van der Waals surface area (Å²) in [5, 5.41) is 3.48. The van der Waals surface area contributed by atoms with E-state index in [0.717, 1.165) is 13.0 Å². The van der Waals surface area contributed by atoms with Gasteiger partial charge in [0.1, 0.15) is 5.60 Å². The molecule has 0 aromatic carbocycles. The molecule has 3 heteroatoms. The molecule has 0 unspecified atom stereocenters. The van der Waals surface area contributed by atoms with Crippen molar-refractivity contribution in [3.8, 4) is 0 Å². The molecule has 1 heterocycles. The van der Waals surface area contributed by atoms with Crippen LogP contribution in [-0.4, -0.2) is 17.3 Å². The van der Waals surface area contributed by atoms with Crippen LogP contribution in [0.2, 0.25) is 0 Å². The highest BCUT2D eigenvalue weighted by Crippen LogP contribution is 2.16. The van der Waals surface area contributed by atoms with Crippen LogP contribution in [0.4, 0.5) is 0 Å². The molecular formula is C6H11NOS. The second-order valence-corrected chi connectivity index (χ2v) is 3.20. The van der Waals surface area contributed by atoms with E-state index >= 15 is 0 Å². The molecule has 2 nitrogen and oxygen atoms in total. The van der Waals surface area contributed by atoms with E-state index in [9.17, 15) is 0 Å². The maximum absolute atomic E-state index is 5.29. The molecule has 0 aromatic rings. The first-order chi connectivity index (χ1) is 4.10. The van der Waals surface area contributed by atoms with Crippen LogP contribution < -0.4 is 5.32 Å². The third-order valence-electron chi connectivity index (χ3n) is 1.37. The lowest BCUT2D eigenvalue weighted by atomic mass is 10.0. The molecule has 0 spiro atoms. The summed E-state index contributed by atoms with van der Waals surface area (Å²) in [5.74, 6) is 0. The molecule has 1 saturated heterocycles. The van der Waals surface area contributed by atoms with Crippen LogP contribution in [0.25, 0.3) is 0 Å². The van der Waals surface area contributed by atoms with Crippen molar-refractivity contribution in [1.82, 2.24) is 5.32 Å². The summed E-state index contributed by atoms with van der Waals surface area (Å²) >= 11 is 4.82. The molecule has 9 heavy (non-hydrogen) atoms. The molecule has 0 saturated carbocycles. The number of rotatable bonds is 0. The summed E-state index contributed by atoms with van der Waals surface area (Å²) in [4.78, 5) is 0. The van der Waals surface area contributed by atoms with Crippen molar-refractivity contribution < 1.29 is 4.74 Å². The average molecular weight is 145 g/mol. The highest BCUT2D eigenvalue weighted by molar-refractivity contribution is 7.80. The monoisotopic (exact) mass is 145 g/mol. The smallest absolute Gasteiger partial charge is 0.257 e. The van der Waals surface area contributed by atoms with E-state index in [-0.39, 0.29) is 5.60 Å². The molecule has 1 N–H and O–H groups in total. The Morgan fingerprint density at radius 1 is 1.67 bits per heavy atom. The van der Waals surface area contributed by atoms with Gasteiger partial charge in [-0.1, -0.05) is 0 Å². The van der Waals surface area contributed by atoms with Gasteiger partial charge in [-0.05, 0) is 26.1 Å². The first kappa shape index (κ1) is 6.81. The fraction of sp³-hybridized carbons (Fsp3) is 0.833. The Hall–Kier alpha value is -0.310. The van der Waals surface area contributed by atoms with Gasteiger partial charge < -0.3 is 10.1 Å². The number of nitrogens with one attached hydrogen (secondary N) is 1. The normalized spacial score (nSPS) is 24.4. The van der Waals surface area contributed by atoms with Gasteiger partial charge in [0.15, 0.2) is 0 Å². The SMILES string of the molecule is CC1(C)CCNC(=S)O1. The zero-order chi connectivity index (χ0) is 6.91. The third-order valence-corrected chi connectivity index (χ3v) is 1.59. The second-order valence-electron chi connectivity index (χ2n) is 2.83. The standard InChI is InChI=1S/C6H11NOS/c1-6(2)3-4-7-5(9)8-6/h3-4H2,1-2H3,(H,7,9). The Labute approximate surface area is 60.6 Å². The molecule has 0 aromatic heterocycles. The van der Waals surface area contributed by atoms with Crippen LogP contribution >= 0.6 is 12.2 Å². The van der Waals surface area contributed by atoms with Gasteiger partial charge in [-0.15, -0.1) is 0 Å². The summed E-state index contributed by atoms with van der Waals surface area (Å²) in [6.45, 7) is 5.02. The molecule has 0 atom stereocenters. The molecule has 0 radical (unpaired) electrons. The Morgan fingerprint density at radius 2 is 2.33 bits per heavy atom. The lowest BCUT2D eigenvalue weighted by molar-refractivity contribution is 0.0671. The summed E-state index contributed by atoms with van der Waals surface area (Å²) in [5.41, 5.74) is -0.0532. The predicted octanol–water partition coefficient (Wildman–Crippen LogP) is 1.06. The fourth-order valence-corrected chi connectivity index (χ4v) is 1.13. The van der Waals surface area contributed by atoms with E-state index in [0.29, 0.717) is 5.17 Å². The minimum atomic E-state index is -0.0532. The summed E-state index contributed by atoms with van der Waals surface area (Å²) in [6.07, 6.45) is 1.02. The molecule has 1 aliphatic rings. The van der Waals surface area contributed by atoms with E-state index in [4.69, 9.17) is 17.0 Å². The van der Waals surface area contributed by atoms with Crippen molar-refractivity contribution in [2.45, 2.75) is 25.9 Å². The Kier molecular flexibility index (Phi) is 1.62. The first-order valence-corrected chi connectivity index (χ1v) is 3.48. The Bertz CT molecular complexity index is 133. The number of thiocarbonyl (C=S) groups is 1. The molecule has 0 aliphatic carbocycles. The summed E-state index contributed by atoms with van der Waals surface area (Å²) in [6, 6.07) is 0. The topological polar surface area (TPSA) is 21.3 Å². The van der Waals surface area contributed by atoms with E-state index in [1.54, 1.807) is 0 Å². The van der Waals surface area contributed by atoms with Crippen LogP contribution in [0.1, 0.15) is 20.3 Å². The maximum atomic E-state index is 5.29. The molecule has 1 rings (SSSR count). The van der Waals surface area contributed by atoms with Crippen LogP contribution in [0.5, 0.6) is 0 Å². The Balaban J connectivity index is 2.51. The van der Waals surface area contributed by atoms with Crippen molar-refractivity contribution in [3.63, 3.8) is 0 Å². The number of ether oxygens (including phenoxy) is 1. The van der Waals surface area contributed by atoms with E-state index < -0.39 is 0 Å². The molecule has 0 bridgehead atoms. The van der Waals surface area contributed by atoms with Crippen LogP contribution in [-0.2, 0) is 4.74 Å². The largest absolute Gasteiger partial charge is 0.465 e. The van der Waals surface area contributed by atoms with Crippen molar-refractivity contribution in [3.05, 3.63) is 0 Å². The second kappa shape index (κ2) is 2.14. The van der Waals surface area contributed by atoms with Gasteiger partial charge in [-0.25, -0.2) is 0 Å². The highest BCUT2D eigenvalue weighted by Gasteiger charge is 2.24. The fourth-order valence-electron chi connectivity index (χ4n) is 0.804. The summed E-state index contributed by atoms with van der Waals surface area (Å²) < 4.78 is 5.29. The molecule has 1 fully saturated rings. The Morgan fingerprint density at radius 3 is 2.67 bits per heavy atom. The molecule has 1 aliphatic heterocycles. The zero-order valence-corrected chi connectivity index (χ0v) is 6.55. The maximum Gasteiger partial charge on any atom is 0.257 e. The van der Waals surface area contributed by atoms with Crippen LogP contribution in [0, 0.1) is 0 Å². The van der Waals surface area contributed by atoms with Gasteiger partial charge in [0, 0.05) is 13.0 Å². The average Bonchev–Trinajstić information content (AvgIpc) is 1.60. The zero-order valence-electron chi connectivity index (χ0n) is 5.73. The van der Waals surface area contributed by atoms with E-state index in [2.05, 4.69) is 5.32 Å². The van der Waals surface area contributed by atoms with Crippen LogP contribution in [0.3, 0.4) is 0 Å². The lowest BCUT2D eigenvalue weighted by Gasteiger charge is -2.31.